The van der Waals surface area contributed by atoms with Gasteiger partial charge in [0.2, 0.25) is 15.9 Å². The number of halogens is 2. The fraction of sp³-hybridized carbons (Fsp3) is 0.345. The molecule has 2 atom stereocenters. The normalized spacial score (nSPS) is 20.9. The van der Waals surface area contributed by atoms with Gasteiger partial charge in [0.25, 0.3) is 0 Å². The standard InChI is InChI=1S/C29H31Cl2N3O3S/c1-21-6-2-3-11-26(21)27-12-13-34(38(36,37)25-10-5-8-23(31)19-25)20-28(27)29(35)33-16-14-32(15-17-33)24-9-4-7-22(30)18-24/h2-11,18-19,27-28H,12-17,20H2,1H3/t27-,28+/m0/s1. The number of carbonyl (C=O) groups excluding carboxylic acids is 1. The molecule has 3 aromatic rings. The number of hydrogen-bond donors (Lipinski definition) is 0. The Morgan fingerprint density at radius 3 is 2.21 bits per heavy atom. The highest BCUT2D eigenvalue weighted by Crippen LogP contribution is 2.38. The van der Waals surface area contributed by atoms with E-state index in [4.69, 9.17) is 23.2 Å². The number of rotatable bonds is 5. The van der Waals surface area contributed by atoms with Crippen LogP contribution in [0.4, 0.5) is 5.69 Å². The zero-order chi connectivity index (χ0) is 26.9. The summed E-state index contributed by atoms with van der Waals surface area (Å²) in [5, 5.41) is 1.05. The van der Waals surface area contributed by atoms with Gasteiger partial charge >= 0.3 is 0 Å². The van der Waals surface area contributed by atoms with Crippen LogP contribution in [0.15, 0.2) is 77.7 Å². The van der Waals surface area contributed by atoms with Gasteiger partial charge in [-0.3, -0.25) is 4.79 Å². The maximum absolute atomic E-state index is 14.1. The molecule has 0 aliphatic carbocycles. The fourth-order valence-corrected chi connectivity index (χ4v) is 7.60. The van der Waals surface area contributed by atoms with Crippen LogP contribution < -0.4 is 4.90 Å². The van der Waals surface area contributed by atoms with Crippen molar-refractivity contribution < 1.29 is 13.2 Å². The third-order valence-corrected chi connectivity index (χ3v) is 10.0. The van der Waals surface area contributed by atoms with Crippen LogP contribution in [0.25, 0.3) is 0 Å². The Morgan fingerprint density at radius 2 is 1.53 bits per heavy atom. The SMILES string of the molecule is Cc1ccccc1[C@@H]1CCN(S(=O)(=O)c2cccc(Cl)c2)C[C@H]1C(=O)N1CCN(c2cccc(Cl)c2)CC1. The smallest absolute Gasteiger partial charge is 0.243 e. The topological polar surface area (TPSA) is 60.9 Å². The Kier molecular flexibility index (Phi) is 8.00. The van der Waals surface area contributed by atoms with Gasteiger partial charge in [-0.25, -0.2) is 8.42 Å². The lowest BCUT2D eigenvalue weighted by Gasteiger charge is -2.42. The zero-order valence-corrected chi connectivity index (χ0v) is 23.6. The molecular formula is C29H31Cl2N3O3S. The second kappa shape index (κ2) is 11.3. The summed E-state index contributed by atoms with van der Waals surface area (Å²) in [4.78, 5) is 18.3. The Labute approximate surface area is 234 Å². The van der Waals surface area contributed by atoms with Crippen LogP contribution in [0.5, 0.6) is 0 Å². The van der Waals surface area contributed by atoms with E-state index in [-0.39, 0.29) is 23.3 Å². The molecule has 2 fully saturated rings. The van der Waals surface area contributed by atoms with Gasteiger partial charge in [-0.05, 0) is 66.8 Å². The second-order valence-electron chi connectivity index (χ2n) is 9.97. The summed E-state index contributed by atoms with van der Waals surface area (Å²) < 4.78 is 28.5. The van der Waals surface area contributed by atoms with E-state index in [1.165, 1.54) is 10.4 Å². The number of nitrogens with zero attached hydrogens (tertiary/aromatic N) is 3. The number of piperazine rings is 1. The molecule has 0 radical (unpaired) electrons. The highest BCUT2D eigenvalue weighted by Gasteiger charge is 2.42. The van der Waals surface area contributed by atoms with Gasteiger partial charge in [0.1, 0.15) is 0 Å². The van der Waals surface area contributed by atoms with Gasteiger partial charge in [0.05, 0.1) is 10.8 Å². The predicted octanol–water partition coefficient (Wildman–Crippen LogP) is 5.45. The number of benzene rings is 3. The summed E-state index contributed by atoms with van der Waals surface area (Å²) in [6.07, 6.45) is 0.573. The van der Waals surface area contributed by atoms with Crippen LogP contribution in [0, 0.1) is 12.8 Å². The maximum Gasteiger partial charge on any atom is 0.243 e. The zero-order valence-electron chi connectivity index (χ0n) is 21.3. The van der Waals surface area contributed by atoms with E-state index in [0.717, 1.165) is 16.8 Å². The first-order chi connectivity index (χ1) is 18.2. The van der Waals surface area contributed by atoms with Crippen molar-refractivity contribution >= 4 is 44.8 Å². The molecule has 1 amide bonds. The molecule has 2 aliphatic rings. The summed E-state index contributed by atoms with van der Waals surface area (Å²) in [5.41, 5.74) is 3.27. The number of hydrogen-bond acceptors (Lipinski definition) is 4. The van der Waals surface area contributed by atoms with Crippen molar-refractivity contribution in [3.63, 3.8) is 0 Å². The third-order valence-electron chi connectivity index (χ3n) is 7.68. The van der Waals surface area contributed by atoms with E-state index in [0.29, 0.717) is 49.2 Å². The Balaban J connectivity index is 1.39. The maximum atomic E-state index is 14.1. The molecule has 3 aromatic carbocycles. The van der Waals surface area contributed by atoms with Crippen molar-refractivity contribution in [3.8, 4) is 0 Å². The number of piperidine rings is 1. The first-order valence-electron chi connectivity index (χ1n) is 12.8. The first kappa shape index (κ1) is 27.0. The number of sulfonamides is 1. The highest BCUT2D eigenvalue weighted by molar-refractivity contribution is 7.89. The lowest BCUT2D eigenvalue weighted by molar-refractivity contribution is -0.137. The monoisotopic (exact) mass is 571 g/mol. The average Bonchev–Trinajstić information content (AvgIpc) is 2.93. The molecule has 2 aliphatic heterocycles. The summed E-state index contributed by atoms with van der Waals surface area (Å²) in [7, 11) is -3.79. The first-order valence-corrected chi connectivity index (χ1v) is 15.0. The van der Waals surface area contributed by atoms with Gasteiger partial charge in [0.15, 0.2) is 0 Å². The van der Waals surface area contributed by atoms with Crippen molar-refractivity contribution in [2.45, 2.75) is 24.2 Å². The number of carbonyl (C=O) groups is 1. The van der Waals surface area contributed by atoms with Crippen LogP contribution in [0.2, 0.25) is 10.0 Å². The Hall–Kier alpha value is -2.58. The number of amides is 1. The van der Waals surface area contributed by atoms with Crippen molar-refractivity contribution in [2.24, 2.45) is 5.92 Å². The molecule has 0 aromatic heterocycles. The van der Waals surface area contributed by atoms with Crippen LogP contribution in [-0.2, 0) is 14.8 Å². The van der Waals surface area contributed by atoms with Gasteiger partial charge in [-0.1, -0.05) is 59.6 Å². The molecule has 0 unspecified atom stereocenters. The summed E-state index contributed by atoms with van der Waals surface area (Å²) in [6, 6.07) is 22.2. The molecule has 0 saturated carbocycles. The molecule has 0 spiro atoms. The summed E-state index contributed by atoms with van der Waals surface area (Å²) >= 11 is 12.3. The minimum atomic E-state index is -3.79. The lowest BCUT2D eigenvalue weighted by atomic mass is 9.78. The van der Waals surface area contributed by atoms with Gasteiger partial charge in [0, 0.05) is 55.0 Å². The van der Waals surface area contributed by atoms with Gasteiger partial charge in [-0.2, -0.15) is 4.31 Å². The van der Waals surface area contributed by atoms with Gasteiger partial charge < -0.3 is 9.80 Å². The Morgan fingerprint density at radius 1 is 0.842 bits per heavy atom. The minimum absolute atomic E-state index is 0.00925. The van der Waals surface area contributed by atoms with Crippen LogP contribution >= 0.6 is 23.2 Å². The van der Waals surface area contributed by atoms with Crippen molar-refractivity contribution in [3.05, 3.63) is 94.0 Å². The molecule has 6 nitrogen and oxygen atoms in total. The van der Waals surface area contributed by atoms with E-state index in [9.17, 15) is 13.2 Å². The van der Waals surface area contributed by atoms with Gasteiger partial charge in [-0.15, -0.1) is 0 Å². The van der Waals surface area contributed by atoms with E-state index in [2.05, 4.69) is 24.0 Å². The molecule has 0 N–H and O–H groups in total. The van der Waals surface area contributed by atoms with Crippen LogP contribution in [-0.4, -0.2) is 62.8 Å². The van der Waals surface area contributed by atoms with Crippen LogP contribution in [0.1, 0.15) is 23.5 Å². The fourth-order valence-electron chi connectivity index (χ4n) is 5.63. The van der Waals surface area contributed by atoms with E-state index in [1.807, 2.05) is 41.3 Å². The van der Waals surface area contributed by atoms with Crippen molar-refractivity contribution in [1.82, 2.24) is 9.21 Å². The van der Waals surface area contributed by atoms with E-state index < -0.39 is 15.9 Å². The Bertz CT molecular complexity index is 1420. The minimum Gasteiger partial charge on any atom is -0.368 e. The lowest BCUT2D eigenvalue weighted by Crippen LogP contribution is -2.54. The van der Waals surface area contributed by atoms with Crippen molar-refractivity contribution in [2.75, 3.05) is 44.2 Å². The predicted molar refractivity (Wildman–Crippen MR) is 152 cm³/mol. The van der Waals surface area contributed by atoms with E-state index >= 15 is 0 Å². The molecular weight excluding hydrogens is 541 g/mol. The molecule has 2 saturated heterocycles. The third kappa shape index (κ3) is 5.57. The molecule has 0 bridgehead atoms. The quantitative estimate of drug-likeness (QED) is 0.409. The molecule has 200 valence electrons. The second-order valence-corrected chi connectivity index (χ2v) is 12.8. The molecule has 38 heavy (non-hydrogen) atoms. The molecule has 5 rings (SSSR count). The largest absolute Gasteiger partial charge is 0.368 e. The molecule has 9 heteroatoms. The van der Waals surface area contributed by atoms with Crippen LogP contribution in [0.3, 0.4) is 0 Å². The summed E-state index contributed by atoms with van der Waals surface area (Å²) in [5.74, 6) is -0.521. The summed E-state index contributed by atoms with van der Waals surface area (Å²) in [6.45, 7) is 5.07. The van der Waals surface area contributed by atoms with E-state index in [1.54, 1.807) is 18.2 Å². The molecule has 2 heterocycles. The average molecular weight is 573 g/mol. The highest BCUT2D eigenvalue weighted by atomic mass is 35.5. The number of anilines is 1. The number of aryl methyl sites for hydroxylation is 1. The van der Waals surface area contributed by atoms with Crippen molar-refractivity contribution in [1.29, 1.82) is 0 Å².